The van der Waals surface area contributed by atoms with E-state index < -0.39 is 0 Å². The summed E-state index contributed by atoms with van der Waals surface area (Å²) in [6.07, 6.45) is 3.89. The van der Waals surface area contributed by atoms with E-state index in [2.05, 4.69) is 27.4 Å². The third-order valence-electron chi connectivity index (χ3n) is 2.68. The van der Waals surface area contributed by atoms with Crippen LogP contribution in [0.4, 0.5) is 5.95 Å². The fourth-order valence-corrected chi connectivity index (χ4v) is 1.80. The van der Waals surface area contributed by atoms with Crippen LogP contribution in [0.25, 0.3) is 17.1 Å². The van der Waals surface area contributed by atoms with Crippen molar-refractivity contribution in [3.63, 3.8) is 0 Å². The third-order valence-corrected chi connectivity index (χ3v) is 2.68. The lowest BCUT2D eigenvalue weighted by Crippen LogP contribution is -1.88. The summed E-state index contributed by atoms with van der Waals surface area (Å²) in [5.74, 6) is 0.753. The Balaban J connectivity index is 1.75. The van der Waals surface area contributed by atoms with E-state index in [-0.39, 0.29) is 0 Å². The minimum absolute atomic E-state index is 0.753. The van der Waals surface area contributed by atoms with Gasteiger partial charge in [-0.2, -0.15) is 0 Å². The molecule has 3 nitrogen and oxygen atoms in total. The Morgan fingerprint density at radius 1 is 0.944 bits per heavy atom. The molecule has 0 spiro atoms. The number of aromatic amines is 1. The number of nitrogens with one attached hydrogen (secondary N) is 2. The van der Waals surface area contributed by atoms with Crippen molar-refractivity contribution in [2.24, 2.45) is 0 Å². The molecule has 0 bridgehead atoms. The molecule has 0 saturated carbocycles. The average Bonchev–Trinajstić information content (AvgIpc) is 2.82. The number of nitrogens with zero attached hydrogens (tertiary/aromatic N) is 1. The number of hydrogen-bond donors (Lipinski definition) is 2. The predicted molar refractivity (Wildman–Crippen MR) is 75.2 cm³/mol. The SMILES string of the molecule is C(=C/c1ccccc1)/Nc1nc2ccccc2[nH]1. The van der Waals surface area contributed by atoms with Gasteiger partial charge >= 0.3 is 0 Å². The number of para-hydroxylation sites is 2. The second-order valence-electron chi connectivity index (χ2n) is 3.99. The molecule has 3 rings (SSSR count). The van der Waals surface area contributed by atoms with Gasteiger partial charge in [-0.3, -0.25) is 0 Å². The van der Waals surface area contributed by atoms with E-state index in [1.807, 2.05) is 54.7 Å². The lowest BCUT2D eigenvalue weighted by molar-refractivity contribution is 1.31. The minimum atomic E-state index is 0.753. The quantitative estimate of drug-likeness (QED) is 0.727. The average molecular weight is 235 g/mol. The molecule has 0 saturated heterocycles. The summed E-state index contributed by atoms with van der Waals surface area (Å²) in [7, 11) is 0. The molecular weight excluding hydrogens is 222 g/mol. The number of rotatable bonds is 3. The molecular formula is C15H13N3. The Bertz CT molecular complexity index is 635. The first-order valence-electron chi connectivity index (χ1n) is 5.85. The van der Waals surface area contributed by atoms with E-state index in [0.29, 0.717) is 0 Å². The molecule has 0 atom stereocenters. The van der Waals surface area contributed by atoms with E-state index in [1.165, 1.54) is 0 Å². The molecule has 2 N–H and O–H groups in total. The van der Waals surface area contributed by atoms with E-state index in [1.54, 1.807) is 0 Å². The summed E-state index contributed by atoms with van der Waals surface area (Å²) in [4.78, 5) is 7.63. The molecule has 88 valence electrons. The van der Waals surface area contributed by atoms with Crippen molar-refractivity contribution >= 4 is 23.1 Å². The van der Waals surface area contributed by atoms with Crippen LogP contribution in [0.5, 0.6) is 0 Å². The second-order valence-corrected chi connectivity index (χ2v) is 3.99. The number of anilines is 1. The first kappa shape index (κ1) is 10.6. The number of imidazole rings is 1. The Hall–Kier alpha value is -2.55. The zero-order valence-corrected chi connectivity index (χ0v) is 9.80. The Morgan fingerprint density at radius 2 is 1.72 bits per heavy atom. The monoisotopic (exact) mass is 235 g/mol. The molecule has 0 unspecified atom stereocenters. The molecule has 0 aliphatic rings. The molecule has 1 heterocycles. The zero-order valence-electron chi connectivity index (χ0n) is 9.80. The minimum Gasteiger partial charge on any atom is -0.332 e. The van der Waals surface area contributed by atoms with Crippen LogP contribution in [0.15, 0.2) is 60.8 Å². The summed E-state index contributed by atoms with van der Waals surface area (Å²) < 4.78 is 0. The molecule has 1 aromatic heterocycles. The fourth-order valence-electron chi connectivity index (χ4n) is 1.80. The Morgan fingerprint density at radius 3 is 2.56 bits per heavy atom. The number of benzene rings is 2. The van der Waals surface area contributed by atoms with Gasteiger partial charge in [-0.15, -0.1) is 0 Å². The van der Waals surface area contributed by atoms with Gasteiger partial charge in [0, 0.05) is 6.20 Å². The van der Waals surface area contributed by atoms with Crippen molar-refractivity contribution < 1.29 is 0 Å². The highest BCUT2D eigenvalue weighted by atomic mass is 15.1. The van der Waals surface area contributed by atoms with Gasteiger partial charge in [-0.05, 0) is 23.8 Å². The molecule has 0 aliphatic carbocycles. The van der Waals surface area contributed by atoms with Crippen LogP contribution in [0.3, 0.4) is 0 Å². The van der Waals surface area contributed by atoms with Crippen LogP contribution in [0.2, 0.25) is 0 Å². The summed E-state index contributed by atoms with van der Waals surface area (Å²) in [5, 5.41) is 3.14. The Labute approximate surface area is 105 Å². The molecule has 18 heavy (non-hydrogen) atoms. The van der Waals surface area contributed by atoms with E-state index >= 15 is 0 Å². The van der Waals surface area contributed by atoms with Crippen LogP contribution < -0.4 is 5.32 Å². The molecule has 0 fully saturated rings. The largest absolute Gasteiger partial charge is 0.332 e. The number of hydrogen-bond acceptors (Lipinski definition) is 2. The van der Waals surface area contributed by atoms with Gasteiger partial charge in [-0.25, -0.2) is 4.98 Å². The van der Waals surface area contributed by atoms with Crippen LogP contribution in [0, 0.1) is 0 Å². The molecule has 3 heteroatoms. The normalized spacial score (nSPS) is 11.1. The van der Waals surface area contributed by atoms with Crippen molar-refractivity contribution in [1.29, 1.82) is 0 Å². The lowest BCUT2D eigenvalue weighted by atomic mass is 10.2. The number of fused-ring (bicyclic) bond motifs is 1. The van der Waals surface area contributed by atoms with Gasteiger partial charge in [0.1, 0.15) is 0 Å². The van der Waals surface area contributed by atoms with Gasteiger partial charge in [0.25, 0.3) is 0 Å². The molecule has 3 aromatic rings. The zero-order chi connectivity index (χ0) is 12.2. The topological polar surface area (TPSA) is 40.7 Å². The highest BCUT2D eigenvalue weighted by molar-refractivity contribution is 5.77. The van der Waals surface area contributed by atoms with Crippen molar-refractivity contribution in [2.45, 2.75) is 0 Å². The van der Waals surface area contributed by atoms with E-state index in [9.17, 15) is 0 Å². The van der Waals surface area contributed by atoms with Crippen molar-refractivity contribution in [2.75, 3.05) is 5.32 Å². The molecule has 0 aliphatic heterocycles. The molecule has 0 amide bonds. The first-order chi connectivity index (χ1) is 8.92. The van der Waals surface area contributed by atoms with E-state index in [0.717, 1.165) is 22.5 Å². The van der Waals surface area contributed by atoms with Crippen LogP contribution in [0.1, 0.15) is 5.56 Å². The first-order valence-corrected chi connectivity index (χ1v) is 5.85. The second kappa shape index (κ2) is 4.75. The highest BCUT2D eigenvalue weighted by Crippen LogP contribution is 2.13. The van der Waals surface area contributed by atoms with Gasteiger partial charge in [0.15, 0.2) is 0 Å². The van der Waals surface area contributed by atoms with Crippen LogP contribution in [-0.4, -0.2) is 9.97 Å². The lowest BCUT2D eigenvalue weighted by Gasteiger charge is -1.94. The van der Waals surface area contributed by atoms with Gasteiger partial charge in [0.05, 0.1) is 11.0 Å². The fraction of sp³-hybridized carbons (Fsp3) is 0. The van der Waals surface area contributed by atoms with Gasteiger partial charge in [-0.1, -0.05) is 42.5 Å². The van der Waals surface area contributed by atoms with Crippen LogP contribution >= 0.6 is 0 Å². The number of H-pyrrole nitrogens is 1. The standard InChI is InChI=1S/C15H13N3/c1-2-6-12(7-3-1)10-11-16-15-17-13-8-4-5-9-14(13)18-15/h1-11H,(H2,16,17,18)/b11-10-. The summed E-state index contributed by atoms with van der Waals surface area (Å²) in [6, 6.07) is 18.1. The Kier molecular flexibility index (Phi) is 2.80. The predicted octanol–water partition coefficient (Wildman–Crippen LogP) is 3.65. The van der Waals surface area contributed by atoms with Crippen molar-refractivity contribution in [3.8, 4) is 0 Å². The van der Waals surface area contributed by atoms with Gasteiger partial charge < -0.3 is 10.3 Å². The van der Waals surface area contributed by atoms with Crippen molar-refractivity contribution in [1.82, 2.24) is 9.97 Å². The summed E-state index contributed by atoms with van der Waals surface area (Å²) in [5.41, 5.74) is 3.15. The maximum absolute atomic E-state index is 4.43. The summed E-state index contributed by atoms with van der Waals surface area (Å²) in [6.45, 7) is 0. The third kappa shape index (κ3) is 2.25. The molecule has 2 aromatic carbocycles. The van der Waals surface area contributed by atoms with Crippen molar-refractivity contribution in [3.05, 3.63) is 66.4 Å². The van der Waals surface area contributed by atoms with Crippen LogP contribution in [-0.2, 0) is 0 Å². The maximum Gasteiger partial charge on any atom is 0.205 e. The smallest absolute Gasteiger partial charge is 0.205 e. The maximum atomic E-state index is 4.43. The number of aromatic nitrogens is 2. The summed E-state index contributed by atoms with van der Waals surface area (Å²) >= 11 is 0. The van der Waals surface area contributed by atoms with E-state index in [4.69, 9.17) is 0 Å². The van der Waals surface area contributed by atoms with Gasteiger partial charge in [0.2, 0.25) is 5.95 Å². The highest BCUT2D eigenvalue weighted by Gasteiger charge is 1.98. The molecule has 0 radical (unpaired) electrons.